The highest BCUT2D eigenvalue weighted by molar-refractivity contribution is 5.70. The quantitative estimate of drug-likeness (QED) is 0.0389. The second-order valence-electron chi connectivity index (χ2n) is 15.1. The van der Waals surface area contributed by atoms with Gasteiger partial charge in [0.15, 0.2) is 6.10 Å². The number of carbonyl (C=O) groups excluding carboxylic acids is 2. The monoisotopic (exact) mass is 707 g/mol. The molecule has 0 fully saturated rings. The Morgan fingerprint density at radius 2 is 0.740 bits per heavy atom. The SMILES string of the molecule is CCCCCCCCC=CCCCCCCCC(=O)OC[C@H](CO)OC(=O)CCCCCCCCCCCCCCCCCCCCCCC. The smallest absolute Gasteiger partial charge is 0.306 e. The van der Waals surface area contributed by atoms with Gasteiger partial charge in [-0.3, -0.25) is 9.59 Å². The van der Waals surface area contributed by atoms with Gasteiger partial charge in [-0.25, -0.2) is 0 Å². The van der Waals surface area contributed by atoms with Crippen molar-refractivity contribution in [1.82, 2.24) is 0 Å². The second kappa shape index (κ2) is 42.1. The second-order valence-corrected chi connectivity index (χ2v) is 15.1. The summed E-state index contributed by atoms with van der Waals surface area (Å²) in [6.45, 7) is 4.16. The van der Waals surface area contributed by atoms with Crippen LogP contribution in [0.3, 0.4) is 0 Å². The number of carbonyl (C=O) groups is 2. The summed E-state index contributed by atoms with van der Waals surface area (Å²) in [5.41, 5.74) is 0. The minimum absolute atomic E-state index is 0.0640. The molecule has 0 aromatic heterocycles. The molecule has 0 radical (unpaired) electrons. The van der Waals surface area contributed by atoms with E-state index in [1.54, 1.807) is 0 Å². The van der Waals surface area contributed by atoms with Crippen molar-refractivity contribution in [2.75, 3.05) is 13.2 Å². The normalized spacial score (nSPS) is 12.1. The van der Waals surface area contributed by atoms with Crippen LogP contribution >= 0.6 is 0 Å². The van der Waals surface area contributed by atoms with Crippen LogP contribution in [-0.4, -0.2) is 36.4 Å². The lowest BCUT2D eigenvalue weighted by Gasteiger charge is -2.15. The Morgan fingerprint density at radius 3 is 1.08 bits per heavy atom. The predicted molar refractivity (Wildman–Crippen MR) is 215 cm³/mol. The zero-order valence-corrected chi connectivity index (χ0v) is 33.7. The Balaban J connectivity index is 3.48. The van der Waals surface area contributed by atoms with E-state index in [4.69, 9.17) is 9.47 Å². The Bertz CT molecular complexity index is 720. The van der Waals surface area contributed by atoms with Crippen LogP contribution < -0.4 is 0 Å². The number of hydrogen-bond donors (Lipinski definition) is 1. The highest BCUT2D eigenvalue weighted by Crippen LogP contribution is 2.16. The number of aliphatic hydroxyl groups excluding tert-OH is 1. The lowest BCUT2D eigenvalue weighted by Crippen LogP contribution is -2.28. The van der Waals surface area contributed by atoms with E-state index in [-0.39, 0.29) is 25.2 Å². The van der Waals surface area contributed by atoms with E-state index < -0.39 is 6.10 Å². The minimum atomic E-state index is -0.768. The minimum Gasteiger partial charge on any atom is -0.462 e. The van der Waals surface area contributed by atoms with E-state index in [9.17, 15) is 14.7 Å². The Morgan fingerprint density at radius 1 is 0.440 bits per heavy atom. The van der Waals surface area contributed by atoms with Crippen LogP contribution in [0, 0.1) is 0 Å². The van der Waals surface area contributed by atoms with Gasteiger partial charge in [0.25, 0.3) is 0 Å². The summed E-state index contributed by atoms with van der Waals surface area (Å²) in [5, 5.41) is 9.58. The first kappa shape index (κ1) is 48.6. The van der Waals surface area contributed by atoms with Crippen LogP contribution in [0.5, 0.6) is 0 Å². The molecule has 0 unspecified atom stereocenters. The molecule has 5 heteroatoms. The van der Waals surface area contributed by atoms with Crippen molar-refractivity contribution in [2.24, 2.45) is 0 Å². The van der Waals surface area contributed by atoms with E-state index in [0.29, 0.717) is 12.8 Å². The van der Waals surface area contributed by atoms with Crippen molar-refractivity contribution in [3.63, 3.8) is 0 Å². The fourth-order valence-corrected chi connectivity index (χ4v) is 6.67. The molecule has 0 bridgehead atoms. The summed E-state index contributed by atoms with van der Waals surface area (Å²) in [6, 6.07) is 0. The average molecular weight is 707 g/mol. The van der Waals surface area contributed by atoms with E-state index in [1.807, 2.05) is 0 Å². The zero-order chi connectivity index (χ0) is 36.4. The number of allylic oxidation sites excluding steroid dienone is 2. The van der Waals surface area contributed by atoms with Gasteiger partial charge in [-0.15, -0.1) is 0 Å². The third kappa shape index (κ3) is 39.4. The molecule has 5 nitrogen and oxygen atoms in total. The lowest BCUT2D eigenvalue weighted by molar-refractivity contribution is -0.161. The van der Waals surface area contributed by atoms with Crippen molar-refractivity contribution >= 4 is 11.9 Å². The molecule has 0 amide bonds. The maximum atomic E-state index is 12.2. The summed E-state index contributed by atoms with van der Waals surface area (Å²) < 4.78 is 10.6. The van der Waals surface area contributed by atoms with Crippen molar-refractivity contribution in [3.05, 3.63) is 12.2 Å². The number of esters is 2. The third-order valence-electron chi connectivity index (χ3n) is 10.1. The molecule has 0 aromatic carbocycles. The third-order valence-corrected chi connectivity index (χ3v) is 10.1. The van der Waals surface area contributed by atoms with Crippen molar-refractivity contribution in [3.8, 4) is 0 Å². The van der Waals surface area contributed by atoms with Crippen molar-refractivity contribution in [1.29, 1.82) is 0 Å². The lowest BCUT2D eigenvalue weighted by atomic mass is 10.0. The molecule has 0 saturated heterocycles. The van der Waals surface area contributed by atoms with Crippen LogP contribution in [-0.2, 0) is 19.1 Å². The van der Waals surface area contributed by atoms with Crippen LogP contribution in [0.25, 0.3) is 0 Å². The predicted octanol–water partition coefficient (Wildman–Crippen LogP) is 14.1. The molecule has 0 rings (SSSR count). The van der Waals surface area contributed by atoms with Crippen LogP contribution in [0.15, 0.2) is 12.2 Å². The van der Waals surface area contributed by atoms with E-state index >= 15 is 0 Å². The Hall–Kier alpha value is -1.36. The number of rotatable bonds is 41. The molecule has 0 aromatic rings. The van der Waals surface area contributed by atoms with Gasteiger partial charge in [0.1, 0.15) is 6.61 Å². The van der Waals surface area contributed by atoms with Gasteiger partial charge in [-0.2, -0.15) is 0 Å². The molecule has 50 heavy (non-hydrogen) atoms. The van der Waals surface area contributed by atoms with E-state index in [0.717, 1.165) is 44.9 Å². The van der Waals surface area contributed by atoms with Crippen LogP contribution in [0.1, 0.15) is 245 Å². The molecular formula is C45H86O5. The molecule has 0 heterocycles. The maximum absolute atomic E-state index is 12.2. The first-order valence-corrected chi connectivity index (χ1v) is 22.2. The fourth-order valence-electron chi connectivity index (χ4n) is 6.67. The first-order valence-electron chi connectivity index (χ1n) is 22.2. The topological polar surface area (TPSA) is 72.8 Å². The summed E-state index contributed by atoms with van der Waals surface area (Å²) in [6.07, 6.45) is 48.6. The number of hydrogen-bond acceptors (Lipinski definition) is 5. The van der Waals surface area contributed by atoms with Crippen LogP contribution in [0.4, 0.5) is 0 Å². The standard InChI is InChI=1S/C45H86O5/c1-3-5-7-9-11-13-15-17-19-20-21-22-23-24-26-28-30-32-34-36-38-40-45(48)50-43(41-46)42-49-44(47)39-37-35-33-31-29-27-25-18-16-14-12-10-8-6-4-2/h18,25,43,46H,3-17,19-24,26-42H2,1-2H3/t43-/m0/s1. The highest BCUT2D eigenvalue weighted by atomic mass is 16.6. The summed E-state index contributed by atoms with van der Waals surface area (Å²) in [7, 11) is 0. The molecule has 0 aliphatic rings. The molecule has 296 valence electrons. The molecule has 1 atom stereocenters. The number of aliphatic hydroxyl groups is 1. The fraction of sp³-hybridized carbons (Fsp3) is 0.911. The summed E-state index contributed by atoms with van der Waals surface area (Å²) in [4.78, 5) is 24.3. The van der Waals surface area contributed by atoms with Gasteiger partial charge in [-0.1, -0.05) is 206 Å². The van der Waals surface area contributed by atoms with Gasteiger partial charge in [0, 0.05) is 12.8 Å². The van der Waals surface area contributed by atoms with Crippen molar-refractivity contribution < 1.29 is 24.2 Å². The molecular weight excluding hydrogens is 620 g/mol. The van der Waals surface area contributed by atoms with Gasteiger partial charge >= 0.3 is 11.9 Å². The Labute approximate surface area is 311 Å². The van der Waals surface area contributed by atoms with Gasteiger partial charge < -0.3 is 14.6 Å². The molecule has 0 aliphatic carbocycles. The van der Waals surface area contributed by atoms with Crippen LogP contribution in [0.2, 0.25) is 0 Å². The maximum Gasteiger partial charge on any atom is 0.306 e. The highest BCUT2D eigenvalue weighted by Gasteiger charge is 2.16. The number of unbranched alkanes of at least 4 members (excludes halogenated alkanes) is 31. The first-order chi connectivity index (χ1) is 24.6. The van der Waals surface area contributed by atoms with E-state index in [2.05, 4.69) is 26.0 Å². The van der Waals surface area contributed by atoms with Gasteiger partial charge in [0.05, 0.1) is 6.61 Å². The molecule has 0 aliphatic heterocycles. The Kier molecular flexibility index (Phi) is 40.9. The zero-order valence-electron chi connectivity index (χ0n) is 33.7. The number of ether oxygens (including phenoxy) is 2. The molecule has 0 saturated carbocycles. The summed E-state index contributed by atoms with van der Waals surface area (Å²) >= 11 is 0. The molecule has 1 N–H and O–H groups in total. The average Bonchev–Trinajstić information content (AvgIpc) is 3.12. The molecule has 0 spiro atoms. The van der Waals surface area contributed by atoms with Gasteiger partial charge in [-0.05, 0) is 38.5 Å². The van der Waals surface area contributed by atoms with Crippen molar-refractivity contribution in [2.45, 2.75) is 251 Å². The largest absolute Gasteiger partial charge is 0.462 e. The summed E-state index contributed by atoms with van der Waals surface area (Å²) in [5.74, 6) is -0.586. The van der Waals surface area contributed by atoms with Gasteiger partial charge in [0.2, 0.25) is 0 Å². The van der Waals surface area contributed by atoms with E-state index in [1.165, 1.54) is 173 Å².